The first-order chi connectivity index (χ1) is 12.7. The summed E-state index contributed by atoms with van der Waals surface area (Å²) < 4.78 is 0. The van der Waals surface area contributed by atoms with Gasteiger partial charge in [-0.3, -0.25) is 9.69 Å². The van der Waals surface area contributed by atoms with E-state index in [-0.39, 0.29) is 5.91 Å². The van der Waals surface area contributed by atoms with Crippen LogP contribution in [0.1, 0.15) is 61.4 Å². The van der Waals surface area contributed by atoms with Gasteiger partial charge in [-0.1, -0.05) is 25.5 Å². The lowest BCUT2D eigenvalue weighted by atomic mass is 9.99. The molecule has 1 aromatic carbocycles. The topological polar surface area (TPSA) is 35.6 Å². The molecule has 26 heavy (non-hydrogen) atoms. The first kappa shape index (κ1) is 19.4. The summed E-state index contributed by atoms with van der Waals surface area (Å²) in [6, 6.07) is 8.17. The average Bonchev–Trinajstić information content (AvgIpc) is 2.68. The Morgan fingerprint density at radius 1 is 1.00 bits per heavy atom. The van der Waals surface area contributed by atoms with Crippen molar-refractivity contribution in [1.82, 2.24) is 15.1 Å². The number of nitrogens with one attached hydrogen (secondary N) is 1. The van der Waals surface area contributed by atoms with Gasteiger partial charge in [0.1, 0.15) is 0 Å². The molecule has 2 aliphatic rings. The van der Waals surface area contributed by atoms with Crippen molar-refractivity contribution in [2.45, 2.75) is 52.0 Å². The summed E-state index contributed by atoms with van der Waals surface area (Å²) in [7, 11) is 0. The second-order valence-electron chi connectivity index (χ2n) is 8.17. The maximum atomic E-state index is 12.3. The van der Waals surface area contributed by atoms with E-state index in [1.54, 1.807) is 0 Å². The number of amides is 1. The maximum Gasteiger partial charge on any atom is 0.251 e. The molecule has 1 N–H and O–H groups in total. The molecule has 0 unspecified atom stereocenters. The molecule has 1 aromatic rings. The lowest BCUT2D eigenvalue weighted by Crippen LogP contribution is -2.33. The molecule has 2 fully saturated rings. The van der Waals surface area contributed by atoms with Crippen LogP contribution in [-0.2, 0) is 6.54 Å². The van der Waals surface area contributed by atoms with Crippen LogP contribution in [0, 0.1) is 5.92 Å². The molecule has 4 nitrogen and oxygen atoms in total. The third-order valence-corrected chi connectivity index (χ3v) is 5.88. The predicted molar refractivity (Wildman–Crippen MR) is 107 cm³/mol. The van der Waals surface area contributed by atoms with Gasteiger partial charge >= 0.3 is 0 Å². The van der Waals surface area contributed by atoms with Gasteiger partial charge < -0.3 is 10.2 Å². The summed E-state index contributed by atoms with van der Waals surface area (Å²) in [5.41, 5.74) is 2.08. The van der Waals surface area contributed by atoms with E-state index >= 15 is 0 Å². The number of carbonyl (C=O) groups excluding carboxylic acids is 1. The van der Waals surface area contributed by atoms with Crippen LogP contribution in [0.4, 0.5) is 0 Å². The van der Waals surface area contributed by atoms with Crippen molar-refractivity contribution in [1.29, 1.82) is 0 Å². The van der Waals surface area contributed by atoms with Gasteiger partial charge in [-0.25, -0.2) is 0 Å². The van der Waals surface area contributed by atoms with Crippen molar-refractivity contribution in [3.05, 3.63) is 35.4 Å². The molecule has 1 amide bonds. The third-order valence-electron chi connectivity index (χ3n) is 5.88. The van der Waals surface area contributed by atoms with Gasteiger partial charge in [0.2, 0.25) is 0 Å². The lowest BCUT2D eigenvalue weighted by Gasteiger charge is -2.30. The van der Waals surface area contributed by atoms with Gasteiger partial charge in [-0.2, -0.15) is 0 Å². The van der Waals surface area contributed by atoms with E-state index in [0.29, 0.717) is 0 Å². The smallest absolute Gasteiger partial charge is 0.251 e. The highest BCUT2D eigenvalue weighted by atomic mass is 16.1. The van der Waals surface area contributed by atoms with Crippen LogP contribution in [0.3, 0.4) is 0 Å². The molecular formula is C22H35N3O. The first-order valence-electron chi connectivity index (χ1n) is 10.5. The summed E-state index contributed by atoms with van der Waals surface area (Å²) >= 11 is 0. The van der Waals surface area contributed by atoms with Gasteiger partial charge in [0.15, 0.2) is 0 Å². The summed E-state index contributed by atoms with van der Waals surface area (Å²) in [5, 5.41) is 3.07. The second-order valence-corrected chi connectivity index (χ2v) is 8.17. The first-order valence-corrected chi connectivity index (χ1v) is 10.5. The van der Waals surface area contributed by atoms with Gasteiger partial charge in [0.05, 0.1) is 0 Å². The zero-order valence-electron chi connectivity index (χ0n) is 16.4. The summed E-state index contributed by atoms with van der Waals surface area (Å²) in [4.78, 5) is 17.3. The molecule has 0 atom stereocenters. The van der Waals surface area contributed by atoms with E-state index in [1.165, 1.54) is 63.8 Å². The van der Waals surface area contributed by atoms with E-state index in [2.05, 4.69) is 34.2 Å². The van der Waals surface area contributed by atoms with Crippen LogP contribution >= 0.6 is 0 Å². The molecule has 0 aliphatic carbocycles. The Balaban J connectivity index is 1.36. The number of nitrogens with zero attached hydrogens (tertiary/aromatic N) is 2. The fourth-order valence-electron chi connectivity index (χ4n) is 4.03. The Bertz CT molecular complexity index is 543. The predicted octanol–water partition coefficient (Wildman–Crippen LogP) is 3.52. The van der Waals surface area contributed by atoms with Gasteiger partial charge in [0, 0.05) is 18.7 Å². The van der Waals surface area contributed by atoms with E-state index in [4.69, 9.17) is 0 Å². The van der Waals surface area contributed by atoms with Crippen molar-refractivity contribution in [2.75, 3.05) is 39.3 Å². The van der Waals surface area contributed by atoms with Gasteiger partial charge in [-0.05, 0) is 88.4 Å². The minimum Gasteiger partial charge on any atom is -0.352 e. The molecule has 0 bridgehead atoms. The van der Waals surface area contributed by atoms with Crippen LogP contribution in [-0.4, -0.2) is 55.0 Å². The quantitative estimate of drug-likeness (QED) is 0.759. The fraction of sp³-hybridized carbons (Fsp3) is 0.682. The molecule has 2 saturated heterocycles. The molecule has 4 heteroatoms. The molecule has 3 rings (SSSR count). The van der Waals surface area contributed by atoms with E-state index < -0.39 is 0 Å². The summed E-state index contributed by atoms with van der Waals surface area (Å²) in [5.74, 6) is 0.925. The zero-order valence-corrected chi connectivity index (χ0v) is 16.4. The lowest BCUT2D eigenvalue weighted by molar-refractivity contribution is 0.0951. The van der Waals surface area contributed by atoms with Gasteiger partial charge in [-0.15, -0.1) is 0 Å². The number of rotatable bonds is 7. The Hall–Kier alpha value is -1.39. The molecule has 0 radical (unpaired) electrons. The number of carbonyl (C=O) groups is 1. The number of hydrogen-bond donors (Lipinski definition) is 1. The maximum absolute atomic E-state index is 12.3. The van der Waals surface area contributed by atoms with Crippen molar-refractivity contribution >= 4 is 5.91 Å². The third kappa shape index (κ3) is 6.10. The largest absolute Gasteiger partial charge is 0.352 e. The molecule has 0 saturated carbocycles. The van der Waals surface area contributed by atoms with Crippen LogP contribution in [0.25, 0.3) is 0 Å². The van der Waals surface area contributed by atoms with Crippen molar-refractivity contribution in [2.24, 2.45) is 5.92 Å². The Kier molecular flexibility index (Phi) is 7.51. The van der Waals surface area contributed by atoms with Crippen molar-refractivity contribution < 1.29 is 4.79 Å². The van der Waals surface area contributed by atoms with E-state index in [0.717, 1.165) is 37.5 Å². The Labute approximate surface area is 158 Å². The van der Waals surface area contributed by atoms with E-state index in [1.807, 2.05) is 12.1 Å². The molecule has 0 aromatic heterocycles. The highest BCUT2D eigenvalue weighted by Crippen LogP contribution is 2.18. The Morgan fingerprint density at radius 2 is 1.69 bits per heavy atom. The molecule has 2 aliphatic heterocycles. The molecule has 0 spiro atoms. The second kappa shape index (κ2) is 10.1. The van der Waals surface area contributed by atoms with Crippen molar-refractivity contribution in [3.63, 3.8) is 0 Å². The van der Waals surface area contributed by atoms with Crippen LogP contribution < -0.4 is 5.32 Å². The summed E-state index contributed by atoms with van der Waals surface area (Å²) in [6.07, 6.45) is 7.68. The number of benzene rings is 1. The normalized spacial score (nSPS) is 20.2. The standard InChI is InChI=1S/C22H35N3O/c1-19-10-16-25(17-11-19)18-20-6-8-21(9-7-20)22(26)23-12-5-15-24-13-3-2-4-14-24/h6-9,19H,2-5,10-18H2,1H3,(H,23,26). The zero-order chi connectivity index (χ0) is 18.2. The van der Waals surface area contributed by atoms with Crippen LogP contribution in [0.5, 0.6) is 0 Å². The van der Waals surface area contributed by atoms with E-state index in [9.17, 15) is 4.79 Å². The number of piperidine rings is 2. The summed E-state index contributed by atoms with van der Waals surface area (Å²) in [6.45, 7) is 10.1. The molecule has 144 valence electrons. The SMILES string of the molecule is CC1CCN(Cc2ccc(C(=O)NCCCN3CCCCC3)cc2)CC1. The monoisotopic (exact) mass is 357 g/mol. The highest BCUT2D eigenvalue weighted by Gasteiger charge is 2.16. The number of likely N-dealkylation sites (tertiary alicyclic amines) is 2. The Morgan fingerprint density at radius 3 is 2.38 bits per heavy atom. The molecular weight excluding hydrogens is 322 g/mol. The van der Waals surface area contributed by atoms with Crippen LogP contribution in [0.2, 0.25) is 0 Å². The average molecular weight is 358 g/mol. The molecule has 2 heterocycles. The number of hydrogen-bond acceptors (Lipinski definition) is 3. The minimum atomic E-state index is 0.0574. The minimum absolute atomic E-state index is 0.0574. The fourth-order valence-corrected chi connectivity index (χ4v) is 4.03. The van der Waals surface area contributed by atoms with Gasteiger partial charge in [0.25, 0.3) is 5.91 Å². The van der Waals surface area contributed by atoms with Crippen molar-refractivity contribution in [3.8, 4) is 0 Å². The highest BCUT2D eigenvalue weighted by molar-refractivity contribution is 5.94. The van der Waals surface area contributed by atoms with Crippen LogP contribution in [0.15, 0.2) is 24.3 Å².